The second-order valence-corrected chi connectivity index (χ2v) is 7.59. The predicted octanol–water partition coefficient (Wildman–Crippen LogP) is 2.92. The molecule has 0 aromatic heterocycles. The lowest BCUT2D eigenvalue weighted by molar-refractivity contribution is -0.0150. The van der Waals surface area contributed by atoms with Crippen molar-refractivity contribution in [1.82, 2.24) is 4.90 Å². The number of hydrogen-bond donors (Lipinski definition) is 1. The smallest absolute Gasteiger partial charge is 0.0695 e. The molecular weight excluding hydrogens is 250 g/mol. The van der Waals surface area contributed by atoms with Gasteiger partial charge in [0.1, 0.15) is 0 Å². The monoisotopic (exact) mass is 283 g/mol. The second-order valence-electron chi connectivity index (χ2n) is 7.59. The molecule has 0 amide bonds. The van der Waals surface area contributed by atoms with E-state index in [2.05, 4.69) is 25.7 Å². The van der Waals surface area contributed by atoms with E-state index in [9.17, 15) is 5.11 Å². The molecule has 1 aliphatic carbocycles. The minimum Gasteiger partial charge on any atom is -0.391 e. The Kier molecular flexibility index (Phi) is 5.49. The van der Waals surface area contributed by atoms with E-state index in [4.69, 9.17) is 4.74 Å². The van der Waals surface area contributed by atoms with Crippen molar-refractivity contribution in [2.45, 2.75) is 65.0 Å². The third-order valence-corrected chi connectivity index (χ3v) is 5.99. The van der Waals surface area contributed by atoms with E-state index in [1.165, 1.54) is 25.7 Å². The van der Waals surface area contributed by atoms with E-state index in [1.54, 1.807) is 7.11 Å². The molecule has 0 aromatic rings. The van der Waals surface area contributed by atoms with Crippen LogP contribution in [0.2, 0.25) is 0 Å². The summed E-state index contributed by atoms with van der Waals surface area (Å²) in [5.41, 5.74) is 0.407. The van der Waals surface area contributed by atoms with Crippen LogP contribution >= 0.6 is 0 Å². The van der Waals surface area contributed by atoms with Crippen LogP contribution in [-0.2, 0) is 4.74 Å². The number of aliphatic hydroxyl groups is 1. The maximum absolute atomic E-state index is 10.4. The Hall–Kier alpha value is -0.120. The molecule has 4 unspecified atom stereocenters. The molecule has 1 aliphatic heterocycles. The van der Waals surface area contributed by atoms with Crippen molar-refractivity contribution in [2.24, 2.45) is 17.3 Å². The predicted molar refractivity (Wildman–Crippen MR) is 82.8 cm³/mol. The number of hydrogen-bond acceptors (Lipinski definition) is 3. The highest BCUT2D eigenvalue weighted by molar-refractivity contribution is 4.93. The van der Waals surface area contributed by atoms with Crippen molar-refractivity contribution in [3.05, 3.63) is 0 Å². The van der Waals surface area contributed by atoms with Gasteiger partial charge in [-0.1, -0.05) is 27.2 Å². The Morgan fingerprint density at radius 3 is 2.65 bits per heavy atom. The highest BCUT2D eigenvalue weighted by atomic mass is 16.5. The van der Waals surface area contributed by atoms with Gasteiger partial charge in [0.05, 0.1) is 12.7 Å². The lowest BCUT2D eigenvalue weighted by atomic mass is 9.67. The minimum atomic E-state index is -0.125. The third-order valence-electron chi connectivity index (χ3n) is 5.99. The molecule has 0 bridgehead atoms. The molecule has 1 saturated heterocycles. The van der Waals surface area contributed by atoms with Gasteiger partial charge in [0.25, 0.3) is 0 Å². The van der Waals surface area contributed by atoms with Crippen molar-refractivity contribution >= 4 is 0 Å². The summed E-state index contributed by atoms with van der Waals surface area (Å²) in [4.78, 5) is 2.53. The number of rotatable bonds is 5. The molecule has 0 radical (unpaired) electrons. The fourth-order valence-electron chi connectivity index (χ4n) is 4.06. The van der Waals surface area contributed by atoms with Crippen molar-refractivity contribution in [1.29, 1.82) is 0 Å². The molecule has 1 saturated carbocycles. The van der Waals surface area contributed by atoms with Gasteiger partial charge in [-0.05, 0) is 49.5 Å². The molecule has 118 valence electrons. The van der Waals surface area contributed by atoms with Crippen LogP contribution in [0.3, 0.4) is 0 Å². The summed E-state index contributed by atoms with van der Waals surface area (Å²) in [6.45, 7) is 10.2. The Morgan fingerprint density at radius 2 is 2.00 bits per heavy atom. The highest BCUT2D eigenvalue weighted by Gasteiger charge is 2.40. The lowest BCUT2D eigenvalue weighted by Gasteiger charge is -2.44. The fraction of sp³-hybridized carbons (Fsp3) is 1.00. The number of aliphatic hydroxyl groups excluding tert-OH is 1. The molecule has 2 fully saturated rings. The summed E-state index contributed by atoms with van der Waals surface area (Å²) >= 11 is 0. The Balaban J connectivity index is 1.96. The zero-order chi connectivity index (χ0) is 14.8. The molecule has 0 aromatic carbocycles. The average Bonchev–Trinajstić information content (AvgIpc) is 2.88. The van der Waals surface area contributed by atoms with Gasteiger partial charge in [-0.15, -0.1) is 0 Å². The first-order valence-corrected chi connectivity index (χ1v) is 8.39. The van der Waals surface area contributed by atoms with Crippen molar-refractivity contribution in [3.8, 4) is 0 Å². The normalized spacial score (nSPS) is 36.5. The zero-order valence-corrected chi connectivity index (χ0v) is 13.8. The second kappa shape index (κ2) is 6.76. The number of nitrogens with zero attached hydrogens (tertiary/aromatic N) is 1. The molecule has 1 heterocycles. The molecule has 3 nitrogen and oxygen atoms in total. The Labute approximate surface area is 124 Å². The average molecular weight is 283 g/mol. The van der Waals surface area contributed by atoms with E-state index >= 15 is 0 Å². The minimum absolute atomic E-state index is 0.125. The largest absolute Gasteiger partial charge is 0.391 e. The number of ether oxygens (including phenoxy) is 1. The van der Waals surface area contributed by atoms with Gasteiger partial charge in [0.2, 0.25) is 0 Å². The van der Waals surface area contributed by atoms with Crippen LogP contribution in [0.1, 0.15) is 52.9 Å². The van der Waals surface area contributed by atoms with E-state index in [-0.39, 0.29) is 6.10 Å². The van der Waals surface area contributed by atoms with Crippen LogP contribution in [0.25, 0.3) is 0 Å². The van der Waals surface area contributed by atoms with E-state index in [0.717, 1.165) is 32.0 Å². The maximum Gasteiger partial charge on any atom is 0.0695 e. The third kappa shape index (κ3) is 3.55. The number of likely N-dealkylation sites (tertiary alicyclic amines) is 1. The van der Waals surface area contributed by atoms with E-state index < -0.39 is 0 Å². The first-order valence-electron chi connectivity index (χ1n) is 8.39. The lowest BCUT2D eigenvalue weighted by Crippen LogP contribution is -2.48. The first-order chi connectivity index (χ1) is 9.47. The van der Waals surface area contributed by atoms with Gasteiger partial charge in [-0.25, -0.2) is 0 Å². The molecule has 0 spiro atoms. The van der Waals surface area contributed by atoms with Gasteiger partial charge in [-0.2, -0.15) is 0 Å². The number of methoxy groups -OCH3 is 1. The molecule has 1 N–H and O–H groups in total. The summed E-state index contributed by atoms with van der Waals surface area (Å²) in [6, 6.07) is 0.376. The Morgan fingerprint density at radius 1 is 1.25 bits per heavy atom. The van der Waals surface area contributed by atoms with Crippen molar-refractivity contribution in [2.75, 3.05) is 26.8 Å². The molecule has 3 heteroatoms. The van der Waals surface area contributed by atoms with Gasteiger partial charge >= 0.3 is 0 Å². The SMILES string of the molecule is CCC(C)(C)C1CCC(O)C(N2CCC(COC)C2)C1. The van der Waals surface area contributed by atoms with Crippen LogP contribution in [0, 0.1) is 17.3 Å². The maximum atomic E-state index is 10.4. The first kappa shape index (κ1) is 16.3. The topological polar surface area (TPSA) is 32.7 Å². The van der Waals surface area contributed by atoms with Gasteiger partial charge in [-0.3, -0.25) is 4.90 Å². The molecule has 20 heavy (non-hydrogen) atoms. The van der Waals surface area contributed by atoms with E-state index in [0.29, 0.717) is 17.4 Å². The summed E-state index contributed by atoms with van der Waals surface area (Å²) in [7, 11) is 1.79. The Bertz CT molecular complexity index is 305. The molecule has 2 aliphatic rings. The van der Waals surface area contributed by atoms with Crippen molar-refractivity contribution in [3.63, 3.8) is 0 Å². The summed E-state index contributed by atoms with van der Waals surface area (Å²) in [5.74, 6) is 1.41. The quantitative estimate of drug-likeness (QED) is 0.842. The molecule has 4 atom stereocenters. The standard InChI is InChI=1S/C17H33NO2/c1-5-17(2,3)14-6-7-16(19)15(10-14)18-9-8-13(11-18)12-20-4/h13-16,19H,5-12H2,1-4H3. The van der Waals surface area contributed by atoms with Crippen molar-refractivity contribution < 1.29 is 9.84 Å². The summed E-state index contributed by atoms with van der Waals surface area (Å²) in [6.07, 6.45) is 5.66. The van der Waals surface area contributed by atoms with Crippen LogP contribution < -0.4 is 0 Å². The van der Waals surface area contributed by atoms with Crippen LogP contribution in [0.15, 0.2) is 0 Å². The van der Waals surface area contributed by atoms with Gasteiger partial charge < -0.3 is 9.84 Å². The fourth-order valence-corrected chi connectivity index (χ4v) is 4.06. The van der Waals surface area contributed by atoms with Crippen LogP contribution in [0.4, 0.5) is 0 Å². The van der Waals surface area contributed by atoms with Crippen LogP contribution in [-0.4, -0.2) is 49.0 Å². The zero-order valence-electron chi connectivity index (χ0n) is 13.8. The molecular formula is C17H33NO2. The van der Waals surface area contributed by atoms with E-state index in [1.807, 2.05) is 0 Å². The van der Waals surface area contributed by atoms with Gasteiger partial charge in [0, 0.05) is 19.7 Å². The van der Waals surface area contributed by atoms with Gasteiger partial charge in [0.15, 0.2) is 0 Å². The molecule has 2 rings (SSSR count). The summed E-state index contributed by atoms with van der Waals surface area (Å²) in [5, 5.41) is 10.4. The summed E-state index contributed by atoms with van der Waals surface area (Å²) < 4.78 is 5.29. The highest BCUT2D eigenvalue weighted by Crippen LogP contribution is 2.42. The van der Waals surface area contributed by atoms with Crippen LogP contribution in [0.5, 0.6) is 0 Å².